The number of hydrogen-bond acceptors (Lipinski definition) is 4. The zero-order valence-corrected chi connectivity index (χ0v) is 8.61. The molecule has 0 N–H and O–H groups in total. The molecule has 0 aliphatic heterocycles. The Bertz CT molecular complexity index is 180. The van der Waals surface area contributed by atoms with Gasteiger partial charge in [-0.2, -0.15) is 0 Å². The molecule has 0 fully saturated rings. The molecule has 0 aliphatic carbocycles. The van der Waals surface area contributed by atoms with E-state index in [-0.39, 0.29) is 6.23 Å². The van der Waals surface area contributed by atoms with E-state index in [9.17, 15) is 4.79 Å². The van der Waals surface area contributed by atoms with Crippen LogP contribution in [0.1, 0.15) is 13.8 Å². The predicted octanol–water partition coefficient (Wildman–Crippen LogP) is 0.986. The fraction of sp³-hybridized carbons (Fsp3) is 0.667. The topological polar surface area (TPSA) is 38.8 Å². The van der Waals surface area contributed by atoms with Gasteiger partial charge in [0.05, 0.1) is 0 Å². The first-order chi connectivity index (χ1) is 5.97. The lowest BCUT2D eigenvalue weighted by Crippen LogP contribution is -2.32. The maximum absolute atomic E-state index is 10.7. The second-order valence-corrected chi connectivity index (χ2v) is 2.91. The van der Waals surface area contributed by atoms with Crippen molar-refractivity contribution in [2.75, 3.05) is 14.1 Å². The molecular formula is C9H17NO3. The first kappa shape index (κ1) is 12.1. The number of carbonyl (C=O) groups excluding carboxylic acids is 1. The quantitative estimate of drug-likeness (QED) is 0.365. The molecule has 2 atom stereocenters. The van der Waals surface area contributed by atoms with Crippen molar-refractivity contribution in [2.45, 2.75) is 26.4 Å². The third kappa shape index (κ3) is 5.38. The van der Waals surface area contributed by atoms with Gasteiger partial charge in [-0.15, -0.1) is 0 Å². The molecule has 0 saturated heterocycles. The molecule has 0 spiro atoms. The van der Waals surface area contributed by atoms with Gasteiger partial charge in [-0.05, 0) is 27.9 Å². The van der Waals surface area contributed by atoms with Crippen LogP contribution in [0.4, 0.5) is 0 Å². The van der Waals surface area contributed by atoms with Gasteiger partial charge < -0.3 is 9.47 Å². The Balaban J connectivity index is 3.79. The molecule has 0 radical (unpaired) electrons. The van der Waals surface area contributed by atoms with Crippen molar-refractivity contribution in [1.29, 1.82) is 0 Å². The minimum Gasteiger partial charge on any atom is -0.433 e. The molecule has 0 amide bonds. The van der Waals surface area contributed by atoms with Gasteiger partial charge in [-0.3, -0.25) is 4.90 Å². The molecule has 0 aromatic heterocycles. The Morgan fingerprint density at radius 3 is 2.38 bits per heavy atom. The van der Waals surface area contributed by atoms with Crippen LogP contribution < -0.4 is 0 Å². The largest absolute Gasteiger partial charge is 0.433 e. The summed E-state index contributed by atoms with van der Waals surface area (Å²) in [6, 6.07) is 0. The molecule has 0 aliphatic rings. The Kier molecular flexibility index (Phi) is 5.34. The Morgan fingerprint density at radius 2 is 2.00 bits per heavy atom. The second kappa shape index (κ2) is 5.72. The van der Waals surface area contributed by atoms with E-state index in [0.717, 1.165) is 6.08 Å². The molecule has 0 saturated carbocycles. The lowest BCUT2D eigenvalue weighted by molar-refractivity contribution is -0.192. The Labute approximate surface area is 79.1 Å². The van der Waals surface area contributed by atoms with Crippen molar-refractivity contribution >= 4 is 5.97 Å². The van der Waals surface area contributed by atoms with E-state index < -0.39 is 12.3 Å². The highest BCUT2D eigenvalue weighted by Crippen LogP contribution is 2.02. The van der Waals surface area contributed by atoms with E-state index in [0.29, 0.717) is 0 Å². The average molecular weight is 187 g/mol. The summed E-state index contributed by atoms with van der Waals surface area (Å²) in [5.74, 6) is -0.474. The Morgan fingerprint density at radius 1 is 1.46 bits per heavy atom. The summed E-state index contributed by atoms with van der Waals surface area (Å²) in [7, 11) is 3.76. The van der Waals surface area contributed by atoms with Crippen LogP contribution in [0.15, 0.2) is 12.7 Å². The normalized spacial score (nSPS) is 15.2. The van der Waals surface area contributed by atoms with E-state index >= 15 is 0 Å². The maximum atomic E-state index is 10.7. The number of hydrogen-bond donors (Lipinski definition) is 0. The van der Waals surface area contributed by atoms with Crippen molar-refractivity contribution < 1.29 is 14.3 Å². The number of nitrogens with zero attached hydrogens (tertiary/aromatic N) is 1. The smallest absolute Gasteiger partial charge is 0.332 e. The van der Waals surface area contributed by atoms with Crippen LogP contribution in [0.3, 0.4) is 0 Å². The van der Waals surface area contributed by atoms with Crippen LogP contribution in [-0.2, 0) is 14.3 Å². The summed E-state index contributed by atoms with van der Waals surface area (Å²) in [6.07, 6.45) is 0.468. The third-order valence-electron chi connectivity index (χ3n) is 1.56. The summed E-state index contributed by atoms with van der Waals surface area (Å²) >= 11 is 0. The highest BCUT2D eigenvalue weighted by atomic mass is 16.7. The fourth-order valence-electron chi connectivity index (χ4n) is 0.639. The van der Waals surface area contributed by atoms with Crippen molar-refractivity contribution in [3.63, 3.8) is 0 Å². The molecule has 4 nitrogen and oxygen atoms in total. The molecule has 0 rings (SSSR count). The molecular weight excluding hydrogens is 170 g/mol. The summed E-state index contributed by atoms with van der Waals surface area (Å²) in [4.78, 5) is 12.6. The van der Waals surface area contributed by atoms with E-state index in [4.69, 9.17) is 9.47 Å². The SMILES string of the molecule is C=CC(=O)OC(C)OC(C)N(C)C. The molecule has 0 aromatic carbocycles. The van der Waals surface area contributed by atoms with Gasteiger partial charge in [0.1, 0.15) is 6.23 Å². The monoisotopic (exact) mass is 187 g/mol. The van der Waals surface area contributed by atoms with Gasteiger partial charge in [-0.25, -0.2) is 4.79 Å². The maximum Gasteiger partial charge on any atom is 0.332 e. The van der Waals surface area contributed by atoms with Crippen LogP contribution in [-0.4, -0.2) is 37.5 Å². The summed E-state index contributed by atoms with van der Waals surface area (Å²) < 4.78 is 10.1. The average Bonchev–Trinajstić information content (AvgIpc) is 2.03. The van der Waals surface area contributed by atoms with Gasteiger partial charge in [0.25, 0.3) is 0 Å². The van der Waals surface area contributed by atoms with Crippen LogP contribution in [0.2, 0.25) is 0 Å². The summed E-state index contributed by atoms with van der Waals surface area (Å²) in [6.45, 7) is 6.83. The van der Waals surface area contributed by atoms with Crippen LogP contribution in [0, 0.1) is 0 Å². The zero-order chi connectivity index (χ0) is 10.4. The number of ether oxygens (including phenoxy) is 2. The molecule has 4 heteroatoms. The van der Waals surface area contributed by atoms with Crippen molar-refractivity contribution in [3.8, 4) is 0 Å². The first-order valence-electron chi connectivity index (χ1n) is 4.12. The van der Waals surface area contributed by atoms with Crippen LogP contribution in [0.25, 0.3) is 0 Å². The van der Waals surface area contributed by atoms with Crippen LogP contribution >= 0.6 is 0 Å². The van der Waals surface area contributed by atoms with Crippen LogP contribution in [0.5, 0.6) is 0 Å². The van der Waals surface area contributed by atoms with E-state index in [1.807, 2.05) is 25.9 Å². The summed E-state index contributed by atoms with van der Waals surface area (Å²) in [5, 5.41) is 0. The number of rotatable bonds is 5. The van der Waals surface area contributed by atoms with Crippen molar-refractivity contribution in [1.82, 2.24) is 4.90 Å². The number of carbonyl (C=O) groups is 1. The second-order valence-electron chi connectivity index (χ2n) is 2.91. The molecule has 76 valence electrons. The van der Waals surface area contributed by atoms with Crippen molar-refractivity contribution in [2.24, 2.45) is 0 Å². The van der Waals surface area contributed by atoms with E-state index in [1.54, 1.807) is 6.92 Å². The molecule has 0 aromatic rings. The predicted molar refractivity (Wildman–Crippen MR) is 50.0 cm³/mol. The standard InChI is InChI=1S/C9H17NO3/c1-6-9(11)13-8(3)12-7(2)10(4)5/h6-8H,1H2,2-5H3. The highest BCUT2D eigenvalue weighted by Gasteiger charge is 2.12. The van der Waals surface area contributed by atoms with Gasteiger partial charge >= 0.3 is 5.97 Å². The lowest BCUT2D eigenvalue weighted by Gasteiger charge is -2.23. The highest BCUT2D eigenvalue weighted by molar-refractivity contribution is 5.81. The third-order valence-corrected chi connectivity index (χ3v) is 1.56. The Hall–Kier alpha value is -0.870. The van der Waals surface area contributed by atoms with Gasteiger partial charge in [-0.1, -0.05) is 6.58 Å². The molecule has 2 unspecified atom stereocenters. The zero-order valence-electron chi connectivity index (χ0n) is 8.61. The fourth-order valence-corrected chi connectivity index (χ4v) is 0.639. The van der Waals surface area contributed by atoms with Gasteiger partial charge in [0, 0.05) is 6.08 Å². The molecule has 13 heavy (non-hydrogen) atoms. The first-order valence-corrected chi connectivity index (χ1v) is 4.12. The molecule has 0 bridgehead atoms. The van der Waals surface area contributed by atoms with Crippen molar-refractivity contribution in [3.05, 3.63) is 12.7 Å². The van der Waals surface area contributed by atoms with Gasteiger partial charge in [0.2, 0.25) is 6.29 Å². The minimum absolute atomic E-state index is 0.0902. The van der Waals surface area contributed by atoms with E-state index in [2.05, 4.69) is 6.58 Å². The minimum atomic E-state index is -0.553. The lowest BCUT2D eigenvalue weighted by atomic mass is 10.6. The summed E-state index contributed by atoms with van der Waals surface area (Å²) in [5.41, 5.74) is 0. The van der Waals surface area contributed by atoms with Gasteiger partial charge in [0.15, 0.2) is 0 Å². The van der Waals surface area contributed by atoms with E-state index in [1.165, 1.54) is 0 Å². The number of esters is 1. The molecule has 0 heterocycles.